The Morgan fingerprint density at radius 1 is 1.00 bits per heavy atom. The number of ether oxygens (including phenoxy) is 1. The van der Waals surface area contributed by atoms with Gasteiger partial charge in [-0.2, -0.15) is 5.10 Å². The van der Waals surface area contributed by atoms with Gasteiger partial charge in [0, 0.05) is 12.6 Å². The quantitative estimate of drug-likeness (QED) is 0.658. The summed E-state index contributed by atoms with van der Waals surface area (Å²) in [6, 6.07) is 19.4. The number of aryl methyl sites for hydroxylation is 2. The molecule has 2 aromatic carbocycles. The number of fused-ring (bicyclic) bond motifs is 1. The van der Waals surface area contributed by atoms with Crippen LogP contribution in [0.1, 0.15) is 24.1 Å². The average Bonchev–Trinajstić information content (AvgIpc) is 2.79. The summed E-state index contributed by atoms with van der Waals surface area (Å²) < 4.78 is 7.00. The van der Waals surface area contributed by atoms with Gasteiger partial charge in [0.15, 0.2) is 6.61 Å². The van der Waals surface area contributed by atoms with E-state index in [1.54, 1.807) is 6.07 Å². The van der Waals surface area contributed by atoms with Crippen LogP contribution >= 0.6 is 0 Å². The lowest BCUT2D eigenvalue weighted by molar-refractivity contribution is -0.123. The zero-order chi connectivity index (χ0) is 20.8. The minimum absolute atomic E-state index is 0.0722. The van der Waals surface area contributed by atoms with Crippen LogP contribution in [-0.4, -0.2) is 28.8 Å². The highest BCUT2D eigenvalue weighted by molar-refractivity contribution is 5.77. The van der Waals surface area contributed by atoms with Gasteiger partial charge in [0.05, 0.1) is 12.2 Å². The molecule has 6 nitrogen and oxygen atoms in total. The van der Waals surface area contributed by atoms with Crippen LogP contribution in [0.2, 0.25) is 0 Å². The maximum absolute atomic E-state index is 12.2. The van der Waals surface area contributed by atoms with E-state index >= 15 is 0 Å². The first kappa shape index (κ1) is 19.9. The Bertz CT molecular complexity index is 1060. The summed E-state index contributed by atoms with van der Waals surface area (Å²) in [7, 11) is 0. The topological polar surface area (TPSA) is 73.2 Å². The fourth-order valence-electron chi connectivity index (χ4n) is 3.64. The van der Waals surface area contributed by atoms with Crippen molar-refractivity contribution in [1.82, 2.24) is 15.1 Å². The molecule has 6 heteroatoms. The van der Waals surface area contributed by atoms with Crippen molar-refractivity contribution in [1.29, 1.82) is 0 Å². The molecule has 1 amide bonds. The van der Waals surface area contributed by atoms with Gasteiger partial charge >= 0.3 is 0 Å². The predicted octanol–water partition coefficient (Wildman–Crippen LogP) is 2.98. The van der Waals surface area contributed by atoms with Crippen molar-refractivity contribution in [3.8, 4) is 16.9 Å². The van der Waals surface area contributed by atoms with Crippen LogP contribution in [0.15, 0.2) is 65.5 Å². The molecule has 1 aliphatic carbocycles. The van der Waals surface area contributed by atoms with Crippen molar-refractivity contribution in [2.75, 3.05) is 13.2 Å². The number of carbonyl (C=O) groups excluding carboxylic acids is 1. The molecule has 1 aliphatic rings. The summed E-state index contributed by atoms with van der Waals surface area (Å²) in [5, 5.41) is 7.24. The van der Waals surface area contributed by atoms with Gasteiger partial charge in [-0.15, -0.1) is 0 Å². The number of amides is 1. The molecule has 0 aliphatic heterocycles. The van der Waals surface area contributed by atoms with Gasteiger partial charge in [0.2, 0.25) is 0 Å². The van der Waals surface area contributed by atoms with Crippen LogP contribution < -0.4 is 15.6 Å². The minimum Gasteiger partial charge on any atom is -0.484 e. The molecule has 1 heterocycles. The van der Waals surface area contributed by atoms with Crippen molar-refractivity contribution in [2.24, 2.45) is 0 Å². The highest BCUT2D eigenvalue weighted by Gasteiger charge is 2.13. The molecule has 0 atom stereocenters. The monoisotopic (exact) mass is 403 g/mol. The summed E-state index contributed by atoms with van der Waals surface area (Å²) in [5.74, 6) is 0.408. The van der Waals surface area contributed by atoms with E-state index in [-0.39, 0.29) is 18.1 Å². The maximum Gasteiger partial charge on any atom is 0.267 e. The van der Waals surface area contributed by atoms with Crippen molar-refractivity contribution >= 4 is 5.91 Å². The van der Waals surface area contributed by atoms with E-state index in [1.165, 1.54) is 4.68 Å². The number of hydrogen-bond acceptors (Lipinski definition) is 4. The van der Waals surface area contributed by atoms with E-state index in [0.29, 0.717) is 18.8 Å². The Morgan fingerprint density at radius 3 is 2.53 bits per heavy atom. The molecule has 30 heavy (non-hydrogen) atoms. The van der Waals surface area contributed by atoms with E-state index in [0.717, 1.165) is 48.1 Å². The highest BCUT2D eigenvalue weighted by Crippen LogP contribution is 2.22. The number of rotatable bonds is 7. The van der Waals surface area contributed by atoms with E-state index in [4.69, 9.17) is 4.74 Å². The lowest BCUT2D eigenvalue weighted by Gasteiger charge is -2.16. The maximum atomic E-state index is 12.2. The van der Waals surface area contributed by atoms with E-state index in [9.17, 15) is 9.59 Å². The zero-order valence-electron chi connectivity index (χ0n) is 16.8. The second-order valence-corrected chi connectivity index (χ2v) is 7.41. The van der Waals surface area contributed by atoms with Crippen molar-refractivity contribution < 1.29 is 9.53 Å². The molecule has 0 saturated carbocycles. The molecule has 0 radical (unpaired) electrons. The van der Waals surface area contributed by atoms with Crippen molar-refractivity contribution in [2.45, 2.75) is 32.2 Å². The Morgan fingerprint density at radius 2 is 1.73 bits per heavy atom. The standard InChI is InChI=1S/C24H25N3O3/c28-23(17-30-21-12-10-19(11-13-21)18-6-2-1-3-7-18)25-14-15-27-24(29)16-20-8-4-5-9-22(20)26-27/h1-3,6-7,10-13,16H,4-5,8-9,14-15,17H2,(H,25,28). The summed E-state index contributed by atoms with van der Waals surface area (Å²) in [6.07, 6.45) is 4.07. The number of aromatic nitrogens is 2. The normalized spacial score (nSPS) is 12.8. The summed E-state index contributed by atoms with van der Waals surface area (Å²) in [4.78, 5) is 24.2. The Kier molecular flexibility index (Phi) is 6.23. The van der Waals surface area contributed by atoms with Crippen LogP contribution in [0.5, 0.6) is 5.75 Å². The minimum atomic E-state index is -0.229. The van der Waals surface area contributed by atoms with Gasteiger partial charge in [0.1, 0.15) is 5.75 Å². The van der Waals surface area contributed by atoms with Gasteiger partial charge < -0.3 is 10.1 Å². The van der Waals surface area contributed by atoms with Crippen LogP contribution in [0.25, 0.3) is 11.1 Å². The fraction of sp³-hybridized carbons (Fsp3) is 0.292. The number of hydrogen-bond donors (Lipinski definition) is 1. The molecule has 1 aromatic heterocycles. The lowest BCUT2D eigenvalue weighted by atomic mass is 9.97. The molecular formula is C24H25N3O3. The van der Waals surface area contributed by atoms with Crippen LogP contribution in [-0.2, 0) is 24.2 Å². The highest BCUT2D eigenvalue weighted by atomic mass is 16.5. The summed E-state index contributed by atoms with van der Waals surface area (Å²) in [6.45, 7) is 0.613. The van der Waals surface area contributed by atoms with Crippen molar-refractivity contribution in [3.05, 3.63) is 82.3 Å². The van der Waals surface area contributed by atoms with E-state index < -0.39 is 0 Å². The SMILES string of the molecule is O=C(COc1ccc(-c2ccccc2)cc1)NCCn1nc2c(cc1=O)CCCC2. The van der Waals surface area contributed by atoms with Gasteiger partial charge in [0.25, 0.3) is 11.5 Å². The third-order valence-electron chi connectivity index (χ3n) is 5.25. The Balaban J connectivity index is 1.24. The fourth-order valence-corrected chi connectivity index (χ4v) is 3.64. The Labute approximate surface area is 175 Å². The first-order valence-corrected chi connectivity index (χ1v) is 10.3. The lowest BCUT2D eigenvalue weighted by Crippen LogP contribution is -2.35. The smallest absolute Gasteiger partial charge is 0.267 e. The molecule has 4 rings (SSSR count). The zero-order valence-corrected chi connectivity index (χ0v) is 16.8. The molecule has 0 fully saturated rings. The van der Waals surface area contributed by atoms with Gasteiger partial charge in [-0.3, -0.25) is 9.59 Å². The molecule has 1 N–H and O–H groups in total. The average molecular weight is 403 g/mol. The first-order valence-electron chi connectivity index (χ1n) is 10.3. The molecule has 0 saturated heterocycles. The third-order valence-corrected chi connectivity index (χ3v) is 5.25. The van der Waals surface area contributed by atoms with E-state index in [1.807, 2.05) is 54.6 Å². The van der Waals surface area contributed by atoms with Crippen LogP contribution in [0, 0.1) is 0 Å². The molecule has 3 aromatic rings. The number of nitrogens with zero attached hydrogens (tertiary/aromatic N) is 2. The molecule has 0 unspecified atom stereocenters. The van der Waals surface area contributed by atoms with Crippen molar-refractivity contribution in [3.63, 3.8) is 0 Å². The van der Waals surface area contributed by atoms with Gasteiger partial charge in [-0.05, 0) is 54.5 Å². The number of benzene rings is 2. The second-order valence-electron chi connectivity index (χ2n) is 7.41. The summed E-state index contributed by atoms with van der Waals surface area (Å²) in [5.41, 5.74) is 4.19. The molecule has 0 bridgehead atoms. The van der Waals surface area contributed by atoms with Crippen LogP contribution in [0.4, 0.5) is 0 Å². The largest absolute Gasteiger partial charge is 0.484 e. The molecule has 154 valence electrons. The van der Waals surface area contributed by atoms with Gasteiger partial charge in [-0.1, -0.05) is 42.5 Å². The molecule has 0 spiro atoms. The summed E-state index contributed by atoms with van der Waals surface area (Å²) >= 11 is 0. The first-order chi connectivity index (χ1) is 14.7. The van der Waals surface area contributed by atoms with Gasteiger partial charge in [-0.25, -0.2) is 4.68 Å². The predicted molar refractivity (Wildman–Crippen MR) is 116 cm³/mol. The second kappa shape index (κ2) is 9.39. The Hall–Kier alpha value is -3.41. The van der Waals surface area contributed by atoms with E-state index in [2.05, 4.69) is 10.4 Å². The molecular weight excluding hydrogens is 378 g/mol. The van der Waals surface area contributed by atoms with Crippen LogP contribution in [0.3, 0.4) is 0 Å². The third kappa shape index (κ3) is 4.95. The number of nitrogens with one attached hydrogen (secondary N) is 1. The number of carbonyl (C=O) groups is 1.